The van der Waals surface area contributed by atoms with Gasteiger partial charge in [0.25, 0.3) is 0 Å². The number of nitrogens with one attached hydrogen (secondary N) is 2. The van der Waals surface area contributed by atoms with E-state index >= 15 is 0 Å². The van der Waals surface area contributed by atoms with Gasteiger partial charge in [0.15, 0.2) is 0 Å². The lowest BCUT2D eigenvalue weighted by atomic mass is 10.1. The van der Waals surface area contributed by atoms with Crippen LogP contribution in [0.4, 0.5) is 0 Å². The molecule has 1 saturated heterocycles. The molecule has 0 spiro atoms. The predicted molar refractivity (Wildman–Crippen MR) is 64.4 cm³/mol. The van der Waals surface area contributed by atoms with Crippen molar-refractivity contribution in [3.63, 3.8) is 0 Å². The van der Waals surface area contributed by atoms with E-state index in [2.05, 4.69) is 10.6 Å². The van der Waals surface area contributed by atoms with Crippen molar-refractivity contribution in [1.29, 1.82) is 0 Å². The Balaban J connectivity index is 1.89. The zero-order valence-electron chi connectivity index (χ0n) is 10.3. The Labute approximate surface area is 98.1 Å². The van der Waals surface area contributed by atoms with E-state index in [1.54, 1.807) is 0 Å². The summed E-state index contributed by atoms with van der Waals surface area (Å²) in [5.74, 6) is 0.177. The zero-order chi connectivity index (χ0) is 11.6. The Bertz CT molecular complexity index is 191. The highest BCUT2D eigenvalue weighted by molar-refractivity contribution is 5.76. The molecular weight excluding hydrogens is 204 g/mol. The highest BCUT2D eigenvalue weighted by Gasteiger charge is 2.16. The Morgan fingerprint density at radius 2 is 2.38 bits per heavy atom. The molecule has 0 aliphatic carbocycles. The molecule has 16 heavy (non-hydrogen) atoms. The van der Waals surface area contributed by atoms with Crippen LogP contribution in [-0.4, -0.2) is 38.3 Å². The fraction of sp³-hybridized carbons (Fsp3) is 0.917. The summed E-state index contributed by atoms with van der Waals surface area (Å²) < 4.78 is 5.23. The number of amides is 1. The molecule has 1 aliphatic heterocycles. The Morgan fingerprint density at radius 3 is 3.06 bits per heavy atom. The molecular formula is C12H24N2O2. The van der Waals surface area contributed by atoms with Crippen molar-refractivity contribution in [2.45, 2.75) is 45.1 Å². The average Bonchev–Trinajstić information content (AvgIpc) is 2.76. The molecule has 94 valence electrons. The van der Waals surface area contributed by atoms with Crippen molar-refractivity contribution in [2.75, 3.05) is 26.3 Å². The van der Waals surface area contributed by atoms with E-state index in [-0.39, 0.29) is 5.91 Å². The maximum absolute atomic E-state index is 11.5. The summed E-state index contributed by atoms with van der Waals surface area (Å²) in [6.45, 7) is 5.41. The van der Waals surface area contributed by atoms with Gasteiger partial charge in [0.2, 0.25) is 5.91 Å². The maximum atomic E-state index is 11.5. The van der Waals surface area contributed by atoms with Gasteiger partial charge in [-0.15, -0.1) is 0 Å². The number of carbonyl (C=O) groups is 1. The van der Waals surface area contributed by atoms with E-state index in [1.807, 2.05) is 6.92 Å². The number of carbonyl (C=O) groups excluding carboxylic acids is 1. The van der Waals surface area contributed by atoms with E-state index in [0.29, 0.717) is 12.5 Å². The minimum atomic E-state index is 0.177. The largest absolute Gasteiger partial charge is 0.382 e. The lowest BCUT2D eigenvalue weighted by molar-refractivity contribution is -0.121. The first-order valence-electron chi connectivity index (χ1n) is 6.40. The second kappa shape index (κ2) is 8.53. The third-order valence-electron chi connectivity index (χ3n) is 2.84. The number of hydrogen-bond acceptors (Lipinski definition) is 3. The molecule has 4 nitrogen and oxygen atoms in total. The Kier molecular flexibility index (Phi) is 7.17. The van der Waals surface area contributed by atoms with Crippen LogP contribution in [0.1, 0.15) is 39.0 Å². The highest BCUT2D eigenvalue weighted by atomic mass is 16.5. The normalized spacial score (nSPS) is 19.9. The summed E-state index contributed by atoms with van der Waals surface area (Å²) in [4.78, 5) is 11.5. The molecule has 0 saturated carbocycles. The van der Waals surface area contributed by atoms with Gasteiger partial charge in [-0.05, 0) is 39.2 Å². The lowest BCUT2D eigenvalue weighted by Crippen LogP contribution is -2.32. The third kappa shape index (κ3) is 6.08. The first-order chi connectivity index (χ1) is 7.83. The van der Waals surface area contributed by atoms with E-state index in [4.69, 9.17) is 4.74 Å². The molecule has 0 bridgehead atoms. The minimum absolute atomic E-state index is 0.177. The van der Waals surface area contributed by atoms with Crippen LogP contribution in [0.3, 0.4) is 0 Å². The third-order valence-corrected chi connectivity index (χ3v) is 2.84. The summed E-state index contributed by atoms with van der Waals surface area (Å²) in [5.41, 5.74) is 0. The van der Waals surface area contributed by atoms with Crippen molar-refractivity contribution in [2.24, 2.45) is 0 Å². The number of ether oxygens (including phenoxy) is 1. The van der Waals surface area contributed by atoms with Crippen LogP contribution in [0, 0.1) is 0 Å². The fourth-order valence-corrected chi connectivity index (χ4v) is 1.93. The van der Waals surface area contributed by atoms with Crippen molar-refractivity contribution in [3.05, 3.63) is 0 Å². The van der Waals surface area contributed by atoms with E-state index in [1.165, 1.54) is 6.42 Å². The van der Waals surface area contributed by atoms with Gasteiger partial charge < -0.3 is 15.4 Å². The molecule has 1 fully saturated rings. The SMILES string of the molecule is CCOCCCCNC(=O)CC1CCCN1. The maximum Gasteiger partial charge on any atom is 0.221 e. The molecule has 1 atom stereocenters. The summed E-state index contributed by atoms with van der Waals surface area (Å²) in [6.07, 6.45) is 5.00. The summed E-state index contributed by atoms with van der Waals surface area (Å²) in [6, 6.07) is 0.406. The zero-order valence-corrected chi connectivity index (χ0v) is 10.3. The monoisotopic (exact) mass is 228 g/mol. The van der Waals surface area contributed by atoms with Gasteiger partial charge in [0.05, 0.1) is 0 Å². The van der Waals surface area contributed by atoms with Gasteiger partial charge in [0.1, 0.15) is 0 Å². The highest BCUT2D eigenvalue weighted by Crippen LogP contribution is 2.08. The average molecular weight is 228 g/mol. The summed E-state index contributed by atoms with van der Waals surface area (Å²) in [7, 11) is 0. The van der Waals surface area contributed by atoms with Gasteiger partial charge in [-0.2, -0.15) is 0 Å². The Hall–Kier alpha value is -0.610. The van der Waals surface area contributed by atoms with Crippen molar-refractivity contribution >= 4 is 5.91 Å². The molecule has 2 N–H and O–H groups in total. The van der Waals surface area contributed by atoms with Crippen molar-refractivity contribution in [3.8, 4) is 0 Å². The second-order valence-electron chi connectivity index (χ2n) is 4.25. The second-order valence-corrected chi connectivity index (χ2v) is 4.25. The fourth-order valence-electron chi connectivity index (χ4n) is 1.93. The van der Waals surface area contributed by atoms with Crippen molar-refractivity contribution < 1.29 is 9.53 Å². The van der Waals surface area contributed by atoms with Gasteiger partial charge in [-0.25, -0.2) is 0 Å². The van der Waals surface area contributed by atoms with E-state index in [9.17, 15) is 4.79 Å². The van der Waals surface area contributed by atoms with Crippen LogP contribution < -0.4 is 10.6 Å². The number of rotatable bonds is 8. The van der Waals surface area contributed by atoms with E-state index < -0.39 is 0 Å². The molecule has 0 aromatic rings. The molecule has 1 heterocycles. The standard InChI is InChI=1S/C12H24N2O2/c1-2-16-9-4-3-7-14-12(15)10-11-6-5-8-13-11/h11,13H,2-10H2,1H3,(H,14,15). The molecule has 0 aromatic carbocycles. The molecule has 4 heteroatoms. The smallest absolute Gasteiger partial charge is 0.221 e. The van der Waals surface area contributed by atoms with Gasteiger partial charge in [-0.3, -0.25) is 4.79 Å². The first kappa shape index (κ1) is 13.5. The van der Waals surface area contributed by atoms with Gasteiger partial charge in [0, 0.05) is 32.2 Å². The molecule has 1 unspecified atom stereocenters. The molecule has 1 rings (SSSR count). The molecule has 0 aromatic heterocycles. The van der Waals surface area contributed by atoms with Crippen LogP contribution in [0.2, 0.25) is 0 Å². The quantitative estimate of drug-likeness (QED) is 0.611. The molecule has 1 amide bonds. The van der Waals surface area contributed by atoms with Crippen LogP contribution in [-0.2, 0) is 9.53 Å². The number of hydrogen-bond donors (Lipinski definition) is 2. The Morgan fingerprint density at radius 1 is 1.50 bits per heavy atom. The predicted octanol–water partition coefficient (Wildman–Crippen LogP) is 1.06. The minimum Gasteiger partial charge on any atom is -0.382 e. The molecule has 0 radical (unpaired) electrons. The van der Waals surface area contributed by atoms with Crippen LogP contribution in [0.5, 0.6) is 0 Å². The van der Waals surface area contributed by atoms with Crippen LogP contribution in [0.25, 0.3) is 0 Å². The first-order valence-corrected chi connectivity index (χ1v) is 6.40. The van der Waals surface area contributed by atoms with Crippen LogP contribution in [0.15, 0.2) is 0 Å². The van der Waals surface area contributed by atoms with Crippen molar-refractivity contribution in [1.82, 2.24) is 10.6 Å². The summed E-state index contributed by atoms with van der Waals surface area (Å²) >= 11 is 0. The van der Waals surface area contributed by atoms with Gasteiger partial charge in [-0.1, -0.05) is 0 Å². The topological polar surface area (TPSA) is 50.4 Å². The molecule has 1 aliphatic rings. The lowest BCUT2D eigenvalue weighted by Gasteiger charge is -2.10. The summed E-state index contributed by atoms with van der Waals surface area (Å²) in [5, 5.41) is 6.28. The van der Waals surface area contributed by atoms with E-state index in [0.717, 1.165) is 45.6 Å². The number of unbranched alkanes of at least 4 members (excludes halogenated alkanes) is 1. The van der Waals surface area contributed by atoms with Crippen LogP contribution >= 0.6 is 0 Å². The van der Waals surface area contributed by atoms with Gasteiger partial charge >= 0.3 is 0 Å².